The molecule has 0 saturated heterocycles. The minimum Gasteiger partial charge on any atom is -0.496 e. The van der Waals surface area contributed by atoms with Gasteiger partial charge in [0.1, 0.15) is 5.75 Å². The number of hydrogen-bond acceptors (Lipinski definition) is 4. The second-order valence-electron chi connectivity index (χ2n) is 5.84. The predicted molar refractivity (Wildman–Crippen MR) is 99.1 cm³/mol. The largest absolute Gasteiger partial charge is 0.496 e. The Balaban J connectivity index is 1.88. The first kappa shape index (κ1) is 20.0. The summed E-state index contributed by atoms with van der Waals surface area (Å²) in [4.78, 5) is 24.4. The number of ether oxygens (including phenoxy) is 1. The highest BCUT2D eigenvalue weighted by Crippen LogP contribution is 2.37. The van der Waals surface area contributed by atoms with E-state index < -0.39 is 29.2 Å². The lowest BCUT2D eigenvalue weighted by Gasteiger charge is -2.16. The third-order valence-corrected chi connectivity index (χ3v) is 3.93. The average molecular weight is 404 g/mol. The normalized spacial score (nSPS) is 11.0. The van der Waals surface area contributed by atoms with Crippen molar-refractivity contribution in [3.8, 4) is 5.75 Å². The highest BCUT2D eigenvalue weighted by molar-refractivity contribution is 6.07. The maximum Gasteiger partial charge on any atom is 0.418 e. The third-order valence-electron chi connectivity index (χ3n) is 3.93. The van der Waals surface area contributed by atoms with Crippen LogP contribution < -0.4 is 15.4 Å². The van der Waals surface area contributed by atoms with Crippen LogP contribution >= 0.6 is 0 Å². The van der Waals surface area contributed by atoms with Crippen molar-refractivity contribution in [2.75, 3.05) is 17.7 Å². The Kier molecular flexibility index (Phi) is 5.58. The second kappa shape index (κ2) is 8.09. The van der Waals surface area contributed by atoms with Crippen LogP contribution in [0.2, 0.25) is 0 Å². The van der Waals surface area contributed by atoms with Crippen LogP contribution in [0.4, 0.5) is 24.5 Å². The van der Waals surface area contributed by atoms with Gasteiger partial charge in [-0.2, -0.15) is 13.2 Å². The first-order chi connectivity index (χ1) is 13.8. The van der Waals surface area contributed by atoms with Gasteiger partial charge in [-0.15, -0.1) is 0 Å². The van der Waals surface area contributed by atoms with Crippen LogP contribution in [0, 0.1) is 0 Å². The van der Waals surface area contributed by atoms with Gasteiger partial charge in [0, 0.05) is 5.69 Å². The van der Waals surface area contributed by atoms with Gasteiger partial charge in [-0.25, -0.2) is 0 Å². The van der Waals surface area contributed by atoms with Crippen molar-refractivity contribution in [2.24, 2.45) is 0 Å². The van der Waals surface area contributed by atoms with Gasteiger partial charge < -0.3 is 19.8 Å². The molecule has 1 aromatic heterocycles. The molecule has 0 aliphatic carbocycles. The van der Waals surface area contributed by atoms with Crippen LogP contribution in [0.1, 0.15) is 26.5 Å². The number of anilines is 2. The molecule has 150 valence electrons. The van der Waals surface area contributed by atoms with E-state index >= 15 is 0 Å². The highest BCUT2D eigenvalue weighted by atomic mass is 19.4. The molecule has 0 aliphatic rings. The average Bonchev–Trinajstić information content (AvgIpc) is 3.23. The fourth-order valence-corrected chi connectivity index (χ4v) is 2.59. The lowest BCUT2D eigenvalue weighted by atomic mass is 10.1. The van der Waals surface area contributed by atoms with E-state index in [-0.39, 0.29) is 22.8 Å². The van der Waals surface area contributed by atoms with Crippen molar-refractivity contribution in [1.82, 2.24) is 0 Å². The molecular formula is C20H15F3N2O4. The van der Waals surface area contributed by atoms with E-state index in [1.807, 2.05) is 0 Å². The molecule has 9 heteroatoms. The summed E-state index contributed by atoms with van der Waals surface area (Å²) >= 11 is 0. The highest BCUT2D eigenvalue weighted by Gasteiger charge is 2.34. The first-order valence-corrected chi connectivity index (χ1v) is 8.30. The standard InChI is InChI=1S/C20H15F3N2O4/c1-28-16-6-3-2-5-13(16)18(26)25-15-9-8-12(11-14(15)20(21,22)23)24-19(27)17-7-4-10-29-17/h2-11H,1H3,(H,24,27)(H,25,26). The number of carbonyl (C=O) groups is 2. The van der Waals surface area contributed by atoms with Crippen LogP contribution in [0.25, 0.3) is 0 Å². The minimum atomic E-state index is -4.77. The third kappa shape index (κ3) is 4.57. The molecule has 1 heterocycles. The van der Waals surface area contributed by atoms with Crippen LogP contribution in [-0.4, -0.2) is 18.9 Å². The quantitative estimate of drug-likeness (QED) is 0.640. The van der Waals surface area contributed by atoms with E-state index in [1.54, 1.807) is 12.1 Å². The zero-order chi connectivity index (χ0) is 21.0. The minimum absolute atomic E-state index is 0.0490. The molecule has 0 unspecified atom stereocenters. The molecule has 2 N–H and O–H groups in total. The Bertz CT molecular complexity index is 1030. The van der Waals surface area contributed by atoms with Crippen LogP contribution in [0.3, 0.4) is 0 Å². The number of para-hydroxylation sites is 1. The molecule has 0 bridgehead atoms. The van der Waals surface area contributed by atoms with Gasteiger partial charge in [0.05, 0.1) is 30.2 Å². The Labute approximate surface area is 163 Å². The Morgan fingerprint density at radius 2 is 1.72 bits per heavy atom. The number of halogens is 3. The SMILES string of the molecule is COc1ccccc1C(=O)Nc1ccc(NC(=O)c2ccco2)cc1C(F)(F)F. The topological polar surface area (TPSA) is 80.6 Å². The van der Waals surface area contributed by atoms with E-state index in [0.29, 0.717) is 0 Å². The first-order valence-electron chi connectivity index (χ1n) is 8.30. The molecule has 3 rings (SSSR count). The molecule has 0 radical (unpaired) electrons. The maximum atomic E-state index is 13.5. The van der Waals surface area contributed by atoms with Crippen molar-refractivity contribution >= 4 is 23.2 Å². The smallest absolute Gasteiger partial charge is 0.418 e. The summed E-state index contributed by atoms with van der Waals surface area (Å²) in [6.07, 6.45) is -3.50. The van der Waals surface area contributed by atoms with Crippen LogP contribution in [0.15, 0.2) is 65.3 Å². The zero-order valence-corrected chi connectivity index (χ0v) is 15.0. The number of furan rings is 1. The van der Waals surface area contributed by atoms with E-state index in [0.717, 1.165) is 12.1 Å². The van der Waals surface area contributed by atoms with Crippen molar-refractivity contribution in [3.63, 3.8) is 0 Å². The van der Waals surface area contributed by atoms with Crippen molar-refractivity contribution in [2.45, 2.75) is 6.18 Å². The summed E-state index contributed by atoms with van der Waals surface area (Å²) in [6, 6.07) is 12.0. The summed E-state index contributed by atoms with van der Waals surface area (Å²) in [5.41, 5.74) is -1.59. The molecule has 0 fully saturated rings. The number of nitrogens with one attached hydrogen (secondary N) is 2. The second-order valence-corrected chi connectivity index (χ2v) is 5.84. The lowest BCUT2D eigenvalue weighted by molar-refractivity contribution is -0.136. The molecule has 0 aliphatic heterocycles. The summed E-state index contributed by atoms with van der Waals surface area (Å²) in [7, 11) is 1.35. The van der Waals surface area contributed by atoms with E-state index in [9.17, 15) is 22.8 Å². The van der Waals surface area contributed by atoms with Gasteiger partial charge in [-0.05, 0) is 42.5 Å². The predicted octanol–water partition coefficient (Wildman–Crippen LogP) is 4.81. The van der Waals surface area contributed by atoms with Gasteiger partial charge in [-0.1, -0.05) is 12.1 Å². The van der Waals surface area contributed by atoms with E-state index in [4.69, 9.17) is 9.15 Å². The molecule has 29 heavy (non-hydrogen) atoms. The van der Waals surface area contributed by atoms with Gasteiger partial charge in [-0.3, -0.25) is 9.59 Å². The fourth-order valence-electron chi connectivity index (χ4n) is 2.59. The molecular weight excluding hydrogens is 389 g/mol. The van der Waals surface area contributed by atoms with Gasteiger partial charge in [0.2, 0.25) is 0 Å². The van der Waals surface area contributed by atoms with Crippen LogP contribution in [0.5, 0.6) is 5.75 Å². The molecule has 3 aromatic rings. The van der Waals surface area contributed by atoms with Gasteiger partial charge >= 0.3 is 6.18 Å². The molecule has 2 amide bonds. The van der Waals surface area contributed by atoms with Gasteiger partial charge in [0.25, 0.3) is 11.8 Å². The van der Waals surface area contributed by atoms with E-state index in [1.165, 1.54) is 43.7 Å². The number of hydrogen-bond donors (Lipinski definition) is 2. The Morgan fingerprint density at radius 1 is 0.966 bits per heavy atom. The molecule has 0 spiro atoms. The summed E-state index contributed by atoms with van der Waals surface area (Å²) in [5, 5.41) is 4.57. The Hall–Kier alpha value is -3.75. The number of rotatable bonds is 5. The molecule has 6 nitrogen and oxygen atoms in total. The lowest BCUT2D eigenvalue weighted by Crippen LogP contribution is -2.18. The summed E-state index contributed by atoms with van der Waals surface area (Å²) in [6.45, 7) is 0. The fraction of sp³-hybridized carbons (Fsp3) is 0.100. The number of amides is 2. The van der Waals surface area contributed by atoms with Crippen LogP contribution in [-0.2, 0) is 6.18 Å². The van der Waals surface area contributed by atoms with E-state index in [2.05, 4.69) is 10.6 Å². The van der Waals surface area contributed by atoms with Gasteiger partial charge in [0.15, 0.2) is 5.76 Å². The summed E-state index contributed by atoms with van der Waals surface area (Å²) in [5.74, 6) is -1.29. The molecule has 0 saturated carbocycles. The van der Waals surface area contributed by atoms with Crippen molar-refractivity contribution in [1.29, 1.82) is 0 Å². The van der Waals surface area contributed by atoms with Crippen molar-refractivity contribution in [3.05, 3.63) is 77.7 Å². The number of methoxy groups -OCH3 is 1. The van der Waals surface area contributed by atoms with Crippen molar-refractivity contribution < 1.29 is 31.9 Å². The monoisotopic (exact) mass is 404 g/mol. The number of alkyl halides is 3. The summed E-state index contributed by atoms with van der Waals surface area (Å²) < 4.78 is 50.6. The maximum absolute atomic E-state index is 13.5. The number of carbonyl (C=O) groups excluding carboxylic acids is 2. The molecule has 0 atom stereocenters. The Morgan fingerprint density at radius 3 is 2.38 bits per heavy atom. The zero-order valence-electron chi connectivity index (χ0n) is 15.0. The molecule has 2 aromatic carbocycles. The number of benzene rings is 2.